The van der Waals surface area contributed by atoms with E-state index in [9.17, 15) is 0 Å². The molecule has 1 saturated heterocycles. The Balaban J connectivity index is 2.11. The van der Waals surface area contributed by atoms with E-state index >= 15 is 0 Å². The summed E-state index contributed by atoms with van der Waals surface area (Å²) >= 11 is 1.69. The van der Waals surface area contributed by atoms with E-state index in [0.29, 0.717) is 0 Å². The van der Waals surface area contributed by atoms with Crippen LogP contribution in [0.3, 0.4) is 0 Å². The van der Waals surface area contributed by atoms with Crippen LogP contribution in [0, 0.1) is 0 Å². The number of nitrogens with two attached hydrogens (primary N) is 1. The van der Waals surface area contributed by atoms with Gasteiger partial charge in [0.15, 0.2) is 5.13 Å². The Labute approximate surface area is 107 Å². The molecule has 5 heteroatoms. The molecule has 2 atom stereocenters. The van der Waals surface area contributed by atoms with Gasteiger partial charge >= 0.3 is 0 Å². The van der Waals surface area contributed by atoms with Crippen molar-refractivity contribution in [3.63, 3.8) is 0 Å². The highest BCUT2D eigenvalue weighted by molar-refractivity contribution is 7.15. The first-order valence-corrected chi connectivity index (χ1v) is 6.87. The zero-order valence-corrected chi connectivity index (χ0v) is 11.6. The number of aromatic nitrogens is 1. The van der Waals surface area contributed by atoms with E-state index in [1.807, 2.05) is 13.1 Å². The van der Waals surface area contributed by atoms with Gasteiger partial charge in [-0.3, -0.25) is 0 Å². The molecule has 4 nitrogen and oxygen atoms in total. The van der Waals surface area contributed by atoms with E-state index in [0.717, 1.165) is 35.9 Å². The monoisotopic (exact) mass is 255 g/mol. The predicted molar refractivity (Wildman–Crippen MR) is 71.6 cm³/mol. The van der Waals surface area contributed by atoms with Crippen molar-refractivity contribution in [2.24, 2.45) is 5.73 Å². The first-order valence-electron chi connectivity index (χ1n) is 6.05. The Morgan fingerprint density at radius 1 is 1.65 bits per heavy atom. The SMILES string of the molecule is COC1(C)CCCN(c2ncc(C(C)N)s2)C1. The van der Waals surface area contributed by atoms with E-state index in [1.54, 1.807) is 18.4 Å². The molecular formula is C12H21N3OS. The third kappa shape index (κ3) is 2.78. The van der Waals surface area contributed by atoms with Crippen molar-refractivity contribution < 1.29 is 4.74 Å². The van der Waals surface area contributed by atoms with Crippen LogP contribution in [0.5, 0.6) is 0 Å². The van der Waals surface area contributed by atoms with Crippen LogP contribution in [-0.2, 0) is 4.74 Å². The number of methoxy groups -OCH3 is 1. The van der Waals surface area contributed by atoms with Crippen LogP contribution in [-0.4, -0.2) is 30.8 Å². The zero-order chi connectivity index (χ0) is 12.5. The molecule has 0 spiro atoms. The molecule has 0 radical (unpaired) electrons. The van der Waals surface area contributed by atoms with E-state index < -0.39 is 0 Å². The molecule has 1 fully saturated rings. The Kier molecular flexibility index (Phi) is 3.70. The van der Waals surface area contributed by atoms with Gasteiger partial charge in [0.2, 0.25) is 0 Å². The molecule has 0 bridgehead atoms. The van der Waals surface area contributed by atoms with Crippen LogP contribution in [0.1, 0.15) is 37.6 Å². The number of hydrogen-bond acceptors (Lipinski definition) is 5. The van der Waals surface area contributed by atoms with Crippen molar-refractivity contribution >= 4 is 16.5 Å². The summed E-state index contributed by atoms with van der Waals surface area (Å²) in [7, 11) is 1.79. The molecule has 0 amide bonds. The van der Waals surface area contributed by atoms with Crippen LogP contribution in [0.15, 0.2) is 6.20 Å². The molecule has 2 heterocycles. The lowest BCUT2D eigenvalue weighted by molar-refractivity contribution is -0.00466. The summed E-state index contributed by atoms with van der Waals surface area (Å²) in [5, 5.41) is 1.07. The van der Waals surface area contributed by atoms with Gasteiger partial charge < -0.3 is 15.4 Å². The summed E-state index contributed by atoms with van der Waals surface area (Å²) in [5.74, 6) is 0. The molecule has 96 valence electrons. The highest BCUT2D eigenvalue weighted by Gasteiger charge is 2.31. The third-order valence-corrected chi connectivity index (χ3v) is 4.64. The molecule has 1 aliphatic heterocycles. The van der Waals surface area contributed by atoms with Gasteiger partial charge in [-0.25, -0.2) is 4.98 Å². The fourth-order valence-corrected chi connectivity index (χ4v) is 3.06. The summed E-state index contributed by atoms with van der Waals surface area (Å²) in [5.41, 5.74) is 5.82. The number of thiazole rings is 1. The van der Waals surface area contributed by atoms with E-state index in [4.69, 9.17) is 10.5 Å². The van der Waals surface area contributed by atoms with Crippen LogP contribution in [0.4, 0.5) is 5.13 Å². The van der Waals surface area contributed by atoms with Crippen molar-refractivity contribution in [2.45, 2.75) is 38.3 Å². The van der Waals surface area contributed by atoms with Gasteiger partial charge in [0.05, 0.1) is 5.60 Å². The molecule has 17 heavy (non-hydrogen) atoms. The van der Waals surface area contributed by atoms with E-state index in [-0.39, 0.29) is 11.6 Å². The lowest BCUT2D eigenvalue weighted by Crippen LogP contribution is -2.47. The number of anilines is 1. The normalized spacial score (nSPS) is 27.2. The van der Waals surface area contributed by atoms with Crippen molar-refractivity contribution in [3.8, 4) is 0 Å². The first-order chi connectivity index (χ1) is 8.04. The standard InChI is InChI=1S/C12H21N3OS/c1-9(13)10-7-14-11(17-10)15-6-4-5-12(2,8-15)16-3/h7,9H,4-6,8,13H2,1-3H3. The number of hydrogen-bond donors (Lipinski definition) is 1. The zero-order valence-electron chi connectivity index (χ0n) is 10.8. The maximum absolute atomic E-state index is 5.86. The summed E-state index contributed by atoms with van der Waals surface area (Å²) in [6.45, 7) is 6.13. The van der Waals surface area contributed by atoms with Crippen LogP contribution in [0.25, 0.3) is 0 Å². The Morgan fingerprint density at radius 2 is 2.41 bits per heavy atom. The van der Waals surface area contributed by atoms with Crippen molar-refractivity contribution in [2.75, 3.05) is 25.1 Å². The lowest BCUT2D eigenvalue weighted by Gasteiger charge is -2.39. The quantitative estimate of drug-likeness (QED) is 0.899. The Bertz CT molecular complexity index is 380. The van der Waals surface area contributed by atoms with Gasteiger partial charge in [-0.2, -0.15) is 0 Å². The average molecular weight is 255 g/mol. The average Bonchev–Trinajstić information content (AvgIpc) is 2.78. The van der Waals surface area contributed by atoms with E-state index in [2.05, 4.69) is 16.8 Å². The number of nitrogens with zero attached hydrogens (tertiary/aromatic N) is 2. The summed E-state index contributed by atoms with van der Waals surface area (Å²) in [4.78, 5) is 7.92. The smallest absolute Gasteiger partial charge is 0.185 e. The molecule has 0 aliphatic carbocycles. The minimum atomic E-state index is -0.0432. The topological polar surface area (TPSA) is 51.4 Å². The largest absolute Gasteiger partial charge is 0.377 e. The first kappa shape index (κ1) is 12.8. The fourth-order valence-electron chi connectivity index (χ4n) is 2.17. The molecule has 2 unspecified atom stereocenters. The van der Waals surface area contributed by atoms with Crippen LogP contribution in [0.2, 0.25) is 0 Å². The van der Waals surface area contributed by atoms with Crippen molar-refractivity contribution in [3.05, 3.63) is 11.1 Å². The highest BCUT2D eigenvalue weighted by atomic mass is 32.1. The van der Waals surface area contributed by atoms with Crippen molar-refractivity contribution in [1.29, 1.82) is 0 Å². The van der Waals surface area contributed by atoms with Gasteiger partial charge in [0.25, 0.3) is 0 Å². The number of rotatable bonds is 3. The Hall–Kier alpha value is -0.650. The molecule has 0 saturated carbocycles. The Morgan fingerprint density at radius 3 is 3.00 bits per heavy atom. The summed E-state index contributed by atoms with van der Waals surface area (Å²) in [6, 6.07) is 0.0693. The minimum Gasteiger partial charge on any atom is -0.377 e. The molecule has 1 aliphatic rings. The van der Waals surface area contributed by atoms with Gasteiger partial charge in [-0.15, -0.1) is 11.3 Å². The van der Waals surface area contributed by atoms with Crippen LogP contribution >= 0.6 is 11.3 Å². The second-order valence-corrected chi connectivity index (χ2v) is 6.05. The van der Waals surface area contributed by atoms with E-state index in [1.165, 1.54) is 0 Å². The molecule has 0 aromatic carbocycles. The fraction of sp³-hybridized carbons (Fsp3) is 0.750. The molecule has 1 aromatic heterocycles. The van der Waals surface area contributed by atoms with Crippen molar-refractivity contribution in [1.82, 2.24) is 4.98 Å². The van der Waals surface area contributed by atoms with Gasteiger partial charge in [0, 0.05) is 37.3 Å². The predicted octanol–water partition coefficient (Wildman–Crippen LogP) is 2.17. The third-order valence-electron chi connectivity index (χ3n) is 3.38. The summed E-state index contributed by atoms with van der Waals surface area (Å²) in [6.07, 6.45) is 4.16. The number of piperidine rings is 1. The second-order valence-electron chi connectivity index (χ2n) is 5.01. The maximum Gasteiger partial charge on any atom is 0.185 e. The number of ether oxygens (including phenoxy) is 1. The minimum absolute atomic E-state index is 0.0432. The molecule has 2 rings (SSSR count). The van der Waals surface area contributed by atoms with Crippen LogP contribution < -0.4 is 10.6 Å². The molecule has 1 aromatic rings. The highest BCUT2D eigenvalue weighted by Crippen LogP contribution is 2.31. The molecule has 2 N–H and O–H groups in total. The molecular weight excluding hydrogens is 234 g/mol. The maximum atomic E-state index is 5.86. The van der Waals surface area contributed by atoms with Gasteiger partial charge in [-0.05, 0) is 26.7 Å². The van der Waals surface area contributed by atoms with Gasteiger partial charge in [-0.1, -0.05) is 0 Å². The lowest BCUT2D eigenvalue weighted by atomic mass is 9.95. The summed E-state index contributed by atoms with van der Waals surface area (Å²) < 4.78 is 5.60. The second kappa shape index (κ2) is 4.92. The van der Waals surface area contributed by atoms with Gasteiger partial charge in [0.1, 0.15) is 0 Å².